The van der Waals surface area contributed by atoms with E-state index >= 15 is 0 Å². The zero-order chi connectivity index (χ0) is 10.4. The Labute approximate surface area is 86.8 Å². The summed E-state index contributed by atoms with van der Waals surface area (Å²) in [5.74, 6) is -0.425. The first-order chi connectivity index (χ1) is 6.74. The molecule has 14 heavy (non-hydrogen) atoms. The Morgan fingerprint density at radius 1 is 1.57 bits per heavy atom. The van der Waals surface area contributed by atoms with Gasteiger partial charge in [0.05, 0.1) is 12.2 Å². The van der Waals surface area contributed by atoms with Crippen molar-refractivity contribution in [3.8, 4) is 0 Å². The molecule has 4 nitrogen and oxygen atoms in total. The van der Waals surface area contributed by atoms with Gasteiger partial charge in [0.2, 0.25) is 0 Å². The molecular weight excluding hydrogens is 206 g/mol. The minimum absolute atomic E-state index is 0.231. The van der Waals surface area contributed by atoms with Crippen LogP contribution >= 0.6 is 11.6 Å². The van der Waals surface area contributed by atoms with E-state index in [4.69, 9.17) is 21.1 Å². The predicted octanol–water partition coefficient (Wildman–Crippen LogP) is 1.54. The van der Waals surface area contributed by atoms with Crippen LogP contribution in [0.4, 0.5) is 0 Å². The summed E-state index contributed by atoms with van der Waals surface area (Å²) < 4.78 is 9.61. The lowest BCUT2D eigenvalue weighted by Gasteiger charge is -2.03. The van der Waals surface area contributed by atoms with Crippen LogP contribution in [0.15, 0.2) is 18.3 Å². The van der Waals surface area contributed by atoms with Crippen molar-refractivity contribution in [1.82, 2.24) is 4.98 Å². The Kier molecular flexibility index (Phi) is 4.35. The predicted molar refractivity (Wildman–Crippen MR) is 51.4 cm³/mol. The molecule has 76 valence electrons. The second kappa shape index (κ2) is 5.57. The van der Waals surface area contributed by atoms with Gasteiger partial charge in [-0.2, -0.15) is 0 Å². The number of pyridine rings is 1. The van der Waals surface area contributed by atoms with Crippen molar-refractivity contribution in [2.45, 2.75) is 0 Å². The van der Waals surface area contributed by atoms with E-state index in [1.807, 2.05) is 0 Å². The fourth-order valence-electron chi connectivity index (χ4n) is 0.830. The van der Waals surface area contributed by atoms with Crippen LogP contribution in [-0.2, 0) is 9.47 Å². The van der Waals surface area contributed by atoms with Gasteiger partial charge in [-0.05, 0) is 12.1 Å². The molecule has 0 aliphatic rings. The molecule has 0 saturated heterocycles. The molecule has 1 rings (SSSR count). The minimum Gasteiger partial charge on any atom is -0.460 e. The number of hydrogen-bond acceptors (Lipinski definition) is 4. The van der Waals surface area contributed by atoms with Crippen LogP contribution in [0.2, 0.25) is 5.15 Å². The molecule has 0 aliphatic heterocycles. The van der Waals surface area contributed by atoms with Gasteiger partial charge in [-0.1, -0.05) is 11.6 Å². The van der Waals surface area contributed by atoms with E-state index in [9.17, 15) is 4.79 Å². The number of carbonyl (C=O) groups excluding carboxylic acids is 1. The molecule has 0 amide bonds. The summed E-state index contributed by atoms with van der Waals surface area (Å²) in [5.41, 5.74) is 0.390. The van der Waals surface area contributed by atoms with E-state index < -0.39 is 5.97 Å². The number of hydrogen-bond donors (Lipinski definition) is 0. The molecule has 0 bridgehead atoms. The van der Waals surface area contributed by atoms with Crippen LogP contribution in [0.3, 0.4) is 0 Å². The van der Waals surface area contributed by atoms with E-state index in [2.05, 4.69) is 4.98 Å². The monoisotopic (exact) mass is 215 g/mol. The van der Waals surface area contributed by atoms with Gasteiger partial charge in [-0.15, -0.1) is 0 Å². The Bertz CT molecular complexity index is 317. The van der Waals surface area contributed by atoms with Crippen molar-refractivity contribution >= 4 is 17.6 Å². The summed E-state index contributed by atoms with van der Waals surface area (Å²) in [6, 6.07) is 3.00. The van der Waals surface area contributed by atoms with Crippen molar-refractivity contribution in [3.05, 3.63) is 29.0 Å². The molecule has 1 aromatic heterocycles. The van der Waals surface area contributed by atoms with Gasteiger partial charge in [0.1, 0.15) is 11.8 Å². The van der Waals surface area contributed by atoms with E-state index in [0.29, 0.717) is 12.2 Å². The second-order valence-electron chi connectivity index (χ2n) is 2.50. The van der Waals surface area contributed by atoms with Crippen molar-refractivity contribution in [2.24, 2.45) is 0 Å². The third-order valence-corrected chi connectivity index (χ3v) is 1.69. The van der Waals surface area contributed by atoms with Crippen molar-refractivity contribution < 1.29 is 14.3 Å². The Balaban J connectivity index is 2.52. The number of rotatable bonds is 4. The minimum atomic E-state index is -0.425. The van der Waals surface area contributed by atoms with Gasteiger partial charge in [0.15, 0.2) is 0 Å². The quantitative estimate of drug-likeness (QED) is 0.434. The zero-order valence-corrected chi connectivity index (χ0v) is 8.45. The first kappa shape index (κ1) is 10.9. The maximum Gasteiger partial charge on any atom is 0.338 e. The van der Waals surface area contributed by atoms with Gasteiger partial charge in [-0.25, -0.2) is 9.78 Å². The maximum atomic E-state index is 11.3. The van der Waals surface area contributed by atoms with E-state index in [1.54, 1.807) is 6.07 Å². The highest BCUT2D eigenvalue weighted by Gasteiger charge is 2.06. The fourth-order valence-corrected chi connectivity index (χ4v) is 1.00. The number of esters is 1. The molecule has 0 aromatic carbocycles. The summed E-state index contributed by atoms with van der Waals surface area (Å²) in [7, 11) is 1.54. The molecule has 0 aliphatic carbocycles. The van der Waals surface area contributed by atoms with Crippen LogP contribution in [0.5, 0.6) is 0 Å². The molecule has 1 aromatic rings. The second-order valence-corrected chi connectivity index (χ2v) is 2.88. The van der Waals surface area contributed by atoms with Crippen LogP contribution in [0.25, 0.3) is 0 Å². The molecule has 0 saturated carbocycles. The van der Waals surface area contributed by atoms with Crippen LogP contribution in [0.1, 0.15) is 10.4 Å². The zero-order valence-electron chi connectivity index (χ0n) is 7.70. The average molecular weight is 216 g/mol. The molecule has 0 unspecified atom stereocenters. The number of methoxy groups -OCH3 is 1. The van der Waals surface area contributed by atoms with Crippen molar-refractivity contribution in [3.63, 3.8) is 0 Å². The summed E-state index contributed by atoms with van der Waals surface area (Å²) in [6.07, 6.45) is 1.45. The lowest BCUT2D eigenvalue weighted by Crippen LogP contribution is -2.09. The first-order valence-electron chi connectivity index (χ1n) is 4.01. The van der Waals surface area contributed by atoms with Gasteiger partial charge in [-0.3, -0.25) is 0 Å². The number of aromatic nitrogens is 1. The number of ether oxygens (including phenoxy) is 2. The number of nitrogens with zero attached hydrogens (tertiary/aromatic N) is 1. The van der Waals surface area contributed by atoms with Crippen molar-refractivity contribution in [1.29, 1.82) is 0 Å². The van der Waals surface area contributed by atoms with E-state index in [0.717, 1.165) is 0 Å². The van der Waals surface area contributed by atoms with Crippen LogP contribution in [-0.4, -0.2) is 31.3 Å². The SMILES string of the molecule is COCCOC(=O)c1ccnc(Cl)c1. The largest absolute Gasteiger partial charge is 0.460 e. The van der Waals surface area contributed by atoms with E-state index in [1.165, 1.54) is 19.4 Å². The summed E-state index contributed by atoms with van der Waals surface area (Å²) >= 11 is 5.61. The molecule has 0 spiro atoms. The summed E-state index contributed by atoms with van der Waals surface area (Å²) in [4.78, 5) is 15.1. The van der Waals surface area contributed by atoms with Crippen molar-refractivity contribution in [2.75, 3.05) is 20.3 Å². The topological polar surface area (TPSA) is 48.4 Å². The molecule has 0 atom stereocenters. The van der Waals surface area contributed by atoms with Crippen LogP contribution < -0.4 is 0 Å². The summed E-state index contributed by atoms with van der Waals surface area (Å²) in [5, 5.41) is 0.270. The van der Waals surface area contributed by atoms with Gasteiger partial charge >= 0.3 is 5.97 Å². The molecule has 0 fully saturated rings. The Morgan fingerprint density at radius 2 is 2.36 bits per heavy atom. The summed E-state index contributed by atoms with van der Waals surface area (Å²) in [6.45, 7) is 0.611. The van der Waals surface area contributed by atoms with E-state index in [-0.39, 0.29) is 11.8 Å². The normalized spacial score (nSPS) is 9.86. The molecule has 0 radical (unpaired) electrons. The molecule has 1 heterocycles. The lowest BCUT2D eigenvalue weighted by atomic mass is 10.3. The standard InChI is InChI=1S/C9H10ClNO3/c1-13-4-5-14-9(12)7-2-3-11-8(10)6-7/h2-3,6H,4-5H2,1H3. The molecule has 0 N–H and O–H groups in total. The maximum absolute atomic E-state index is 11.3. The van der Waals surface area contributed by atoms with Crippen LogP contribution in [0, 0.1) is 0 Å². The Morgan fingerprint density at radius 3 is 3.00 bits per heavy atom. The lowest BCUT2D eigenvalue weighted by molar-refractivity contribution is 0.0388. The average Bonchev–Trinajstić information content (AvgIpc) is 2.18. The van der Waals surface area contributed by atoms with Gasteiger partial charge < -0.3 is 9.47 Å². The highest BCUT2D eigenvalue weighted by Crippen LogP contribution is 2.07. The Hall–Kier alpha value is -1.13. The third kappa shape index (κ3) is 3.32. The first-order valence-corrected chi connectivity index (χ1v) is 4.39. The third-order valence-electron chi connectivity index (χ3n) is 1.48. The number of carbonyl (C=O) groups is 1. The fraction of sp³-hybridized carbons (Fsp3) is 0.333. The highest BCUT2D eigenvalue weighted by atomic mass is 35.5. The van der Waals surface area contributed by atoms with Gasteiger partial charge in [0, 0.05) is 13.3 Å². The smallest absolute Gasteiger partial charge is 0.338 e. The van der Waals surface area contributed by atoms with Gasteiger partial charge in [0.25, 0.3) is 0 Å². The highest BCUT2D eigenvalue weighted by molar-refractivity contribution is 6.29. The molecule has 5 heteroatoms. The molecular formula is C9H10ClNO3. The number of halogens is 1.